The van der Waals surface area contributed by atoms with Gasteiger partial charge in [0.25, 0.3) is 0 Å². The van der Waals surface area contributed by atoms with Gasteiger partial charge in [-0.2, -0.15) is 0 Å². The number of benzene rings is 1. The Morgan fingerprint density at radius 1 is 1.15 bits per heavy atom. The van der Waals surface area contributed by atoms with Crippen LogP contribution in [0.2, 0.25) is 0 Å². The Hall–Kier alpha value is -2.99. The Kier molecular flexibility index (Phi) is 4.75. The van der Waals surface area contributed by atoms with Crippen LogP contribution < -0.4 is 5.32 Å². The highest BCUT2D eigenvalue weighted by Crippen LogP contribution is 2.24. The van der Waals surface area contributed by atoms with Crippen molar-refractivity contribution in [3.63, 3.8) is 0 Å². The number of fused-ring (bicyclic) bond motifs is 1. The molecule has 0 saturated carbocycles. The molecule has 0 aliphatic carbocycles. The summed E-state index contributed by atoms with van der Waals surface area (Å²) >= 11 is 1.60. The van der Waals surface area contributed by atoms with Gasteiger partial charge in [-0.1, -0.05) is 36.4 Å². The molecule has 3 aromatic heterocycles. The number of nitrogens with one attached hydrogen (secondary N) is 1. The van der Waals surface area contributed by atoms with Crippen molar-refractivity contribution in [3.8, 4) is 11.3 Å². The number of aromatic nitrogens is 3. The maximum Gasteiger partial charge on any atom is 0.220 e. The summed E-state index contributed by atoms with van der Waals surface area (Å²) in [5.74, 6) is 0.0385. The molecule has 4 rings (SSSR count). The molecule has 1 N–H and O–H groups in total. The predicted molar refractivity (Wildman–Crippen MR) is 103 cm³/mol. The Labute approximate surface area is 155 Å². The first-order valence-electron chi connectivity index (χ1n) is 8.46. The molecular weight excluding hydrogens is 344 g/mol. The van der Waals surface area contributed by atoms with E-state index in [4.69, 9.17) is 0 Å². The number of carbonyl (C=O) groups excluding carboxylic acids is 1. The summed E-state index contributed by atoms with van der Waals surface area (Å²) in [5.41, 5.74) is 4.17. The molecule has 0 radical (unpaired) electrons. The Morgan fingerprint density at radius 3 is 2.85 bits per heavy atom. The molecule has 0 aliphatic heterocycles. The monoisotopic (exact) mass is 362 g/mol. The van der Waals surface area contributed by atoms with E-state index in [2.05, 4.69) is 37.2 Å². The third-order valence-corrected chi connectivity index (χ3v) is 5.06. The molecular formula is C20H18N4OS. The van der Waals surface area contributed by atoms with Gasteiger partial charge in [0, 0.05) is 48.2 Å². The van der Waals surface area contributed by atoms with Crippen molar-refractivity contribution in [3.05, 3.63) is 77.7 Å². The van der Waals surface area contributed by atoms with Crippen LogP contribution in [0, 0.1) is 0 Å². The van der Waals surface area contributed by atoms with Gasteiger partial charge in [-0.15, -0.1) is 11.3 Å². The fraction of sp³-hybridized carbons (Fsp3) is 0.150. The molecule has 0 atom stereocenters. The Balaban J connectivity index is 1.39. The molecule has 5 nitrogen and oxygen atoms in total. The first-order valence-corrected chi connectivity index (χ1v) is 9.34. The van der Waals surface area contributed by atoms with Crippen LogP contribution in [0.4, 0.5) is 0 Å². The van der Waals surface area contributed by atoms with Crippen molar-refractivity contribution >= 4 is 22.2 Å². The van der Waals surface area contributed by atoms with Crippen LogP contribution in [0.1, 0.15) is 17.7 Å². The van der Waals surface area contributed by atoms with Crippen LogP contribution in [0.15, 0.2) is 66.4 Å². The summed E-state index contributed by atoms with van der Waals surface area (Å²) in [4.78, 5) is 21.8. The summed E-state index contributed by atoms with van der Waals surface area (Å²) in [5, 5.41) is 5.01. The Morgan fingerprint density at radius 2 is 2.04 bits per heavy atom. The number of hydrogen-bond acceptors (Lipinski definition) is 4. The zero-order valence-corrected chi connectivity index (χ0v) is 14.9. The number of rotatable bonds is 6. The van der Waals surface area contributed by atoms with Gasteiger partial charge in [0.1, 0.15) is 0 Å². The molecule has 1 amide bonds. The lowest BCUT2D eigenvalue weighted by atomic mass is 10.2. The number of pyridine rings is 1. The van der Waals surface area contributed by atoms with Crippen LogP contribution >= 0.6 is 11.3 Å². The molecule has 0 spiro atoms. The van der Waals surface area contributed by atoms with Gasteiger partial charge in [0.2, 0.25) is 5.91 Å². The van der Waals surface area contributed by atoms with Crippen molar-refractivity contribution in [1.82, 2.24) is 19.7 Å². The Bertz CT molecular complexity index is 1010. The number of carbonyl (C=O) groups is 1. The average molecular weight is 362 g/mol. The minimum absolute atomic E-state index is 0.0385. The maximum atomic E-state index is 12.1. The summed E-state index contributed by atoms with van der Waals surface area (Å²) in [6.07, 6.45) is 6.67. The smallest absolute Gasteiger partial charge is 0.220 e. The van der Waals surface area contributed by atoms with Gasteiger partial charge >= 0.3 is 0 Å². The first-order chi connectivity index (χ1) is 12.8. The summed E-state index contributed by atoms with van der Waals surface area (Å²) < 4.78 is 2.08. The van der Waals surface area contributed by atoms with E-state index in [9.17, 15) is 4.79 Å². The van der Waals surface area contributed by atoms with Gasteiger partial charge in [-0.3, -0.25) is 14.2 Å². The number of imidazole rings is 1. The van der Waals surface area contributed by atoms with E-state index >= 15 is 0 Å². The highest BCUT2D eigenvalue weighted by atomic mass is 32.1. The fourth-order valence-corrected chi connectivity index (χ4v) is 3.70. The number of hydrogen-bond donors (Lipinski definition) is 1. The van der Waals surface area contributed by atoms with Crippen LogP contribution in [0.5, 0.6) is 0 Å². The number of aryl methyl sites for hydroxylation is 1. The van der Waals surface area contributed by atoms with Gasteiger partial charge in [-0.25, -0.2) is 4.98 Å². The molecule has 130 valence electrons. The first kappa shape index (κ1) is 16.5. The molecule has 0 aliphatic rings. The molecule has 26 heavy (non-hydrogen) atoms. The van der Waals surface area contributed by atoms with Crippen LogP contribution in [0.25, 0.3) is 16.2 Å². The van der Waals surface area contributed by atoms with Gasteiger partial charge < -0.3 is 5.32 Å². The van der Waals surface area contributed by atoms with Crippen LogP contribution in [0.3, 0.4) is 0 Å². The number of thiazole rings is 1. The van der Waals surface area contributed by atoms with E-state index in [0.29, 0.717) is 19.4 Å². The number of amides is 1. The van der Waals surface area contributed by atoms with Crippen molar-refractivity contribution in [1.29, 1.82) is 0 Å². The van der Waals surface area contributed by atoms with Crippen LogP contribution in [-0.2, 0) is 17.8 Å². The van der Waals surface area contributed by atoms with Crippen LogP contribution in [-0.4, -0.2) is 20.3 Å². The quantitative estimate of drug-likeness (QED) is 0.569. The standard InChI is InChI=1S/C20H18N4OS/c25-19(22-12-15-5-4-10-21-11-15)9-8-17-14-26-20-23-18(13-24(17)20)16-6-2-1-3-7-16/h1-7,10-11,13-14H,8-9,12H2,(H,22,25). The minimum atomic E-state index is 0.0385. The second-order valence-electron chi connectivity index (χ2n) is 6.01. The van der Waals surface area contributed by atoms with Gasteiger partial charge in [-0.05, 0) is 18.1 Å². The highest BCUT2D eigenvalue weighted by molar-refractivity contribution is 7.15. The summed E-state index contributed by atoms with van der Waals surface area (Å²) in [7, 11) is 0. The van der Waals surface area contributed by atoms with E-state index in [0.717, 1.165) is 27.5 Å². The molecule has 0 saturated heterocycles. The van der Waals surface area contributed by atoms with E-state index in [1.54, 1.807) is 23.7 Å². The lowest BCUT2D eigenvalue weighted by Gasteiger charge is -2.04. The summed E-state index contributed by atoms with van der Waals surface area (Å²) in [6.45, 7) is 0.509. The SMILES string of the molecule is O=C(CCc1csc2nc(-c3ccccc3)cn12)NCc1cccnc1. The van der Waals surface area contributed by atoms with E-state index in [1.807, 2.05) is 36.5 Å². The minimum Gasteiger partial charge on any atom is -0.352 e. The summed E-state index contributed by atoms with van der Waals surface area (Å²) in [6, 6.07) is 13.9. The topological polar surface area (TPSA) is 59.3 Å². The molecule has 6 heteroatoms. The molecule has 3 heterocycles. The second kappa shape index (κ2) is 7.49. The molecule has 4 aromatic rings. The van der Waals surface area contributed by atoms with E-state index in [-0.39, 0.29) is 5.91 Å². The molecule has 1 aromatic carbocycles. The lowest BCUT2D eigenvalue weighted by Crippen LogP contribution is -2.23. The van der Waals surface area contributed by atoms with E-state index in [1.165, 1.54) is 0 Å². The highest BCUT2D eigenvalue weighted by Gasteiger charge is 2.11. The lowest BCUT2D eigenvalue weighted by molar-refractivity contribution is -0.121. The third kappa shape index (κ3) is 3.65. The van der Waals surface area contributed by atoms with Crippen molar-refractivity contribution < 1.29 is 4.79 Å². The molecule has 0 bridgehead atoms. The van der Waals surface area contributed by atoms with Crippen molar-refractivity contribution in [2.45, 2.75) is 19.4 Å². The van der Waals surface area contributed by atoms with Gasteiger partial charge in [0.05, 0.1) is 5.69 Å². The predicted octanol–water partition coefficient (Wildman–Crippen LogP) is 3.71. The molecule has 0 unspecified atom stereocenters. The third-order valence-electron chi connectivity index (χ3n) is 4.17. The normalized spacial score (nSPS) is 10.9. The van der Waals surface area contributed by atoms with Crippen molar-refractivity contribution in [2.24, 2.45) is 0 Å². The zero-order valence-electron chi connectivity index (χ0n) is 14.1. The maximum absolute atomic E-state index is 12.1. The average Bonchev–Trinajstić information content (AvgIpc) is 3.27. The zero-order chi connectivity index (χ0) is 17.8. The molecule has 0 fully saturated rings. The fourth-order valence-electron chi connectivity index (χ4n) is 2.79. The largest absolute Gasteiger partial charge is 0.352 e. The van der Waals surface area contributed by atoms with Gasteiger partial charge in [0.15, 0.2) is 4.96 Å². The second-order valence-corrected chi connectivity index (χ2v) is 6.85. The van der Waals surface area contributed by atoms with E-state index < -0.39 is 0 Å². The van der Waals surface area contributed by atoms with Crippen molar-refractivity contribution in [2.75, 3.05) is 0 Å². The number of nitrogens with zero attached hydrogens (tertiary/aromatic N) is 3.